The average Bonchev–Trinajstić information content (AvgIpc) is 3.37. The van der Waals surface area contributed by atoms with Crippen molar-refractivity contribution in [3.8, 4) is 11.3 Å². The molecule has 0 amide bonds. The standard InChI is InChI=1S/C21H22F5N9/c1-27-17-16-12(13-3-4-14-18(29-13)34(11-28-14)10-21(24,25)26)5-8-35(16)32-19(31-17)30-15-6-7-33(2)9-20(15,22)23/h3-5,8,11,15H,6-7,9-10H2,1-2H3,(H2,27,30,31,32)/t15-/m1/s1. The van der Waals surface area contributed by atoms with Gasteiger partial charge >= 0.3 is 6.18 Å². The van der Waals surface area contributed by atoms with Crippen LogP contribution >= 0.6 is 0 Å². The van der Waals surface area contributed by atoms with E-state index in [1.165, 1.54) is 4.52 Å². The normalized spacial score (nSPS) is 18.9. The first kappa shape index (κ1) is 23.2. The van der Waals surface area contributed by atoms with Crippen LogP contribution in [0.2, 0.25) is 0 Å². The molecule has 4 aromatic heterocycles. The zero-order valence-electron chi connectivity index (χ0n) is 18.8. The summed E-state index contributed by atoms with van der Waals surface area (Å²) in [5.74, 6) is -2.57. The SMILES string of the molecule is CNc1nc(N[C@@H]2CCN(C)CC2(F)F)nn2ccc(-c3ccc4ncn(CC(F)(F)F)c4n3)c12. The molecule has 4 aromatic rings. The predicted octanol–water partition coefficient (Wildman–Crippen LogP) is 3.50. The molecular weight excluding hydrogens is 473 g/mol. The maximum Gasteiger partial charge on any atom is 0.406 e. The maximum absolute atomic E-state index is 14.5. The summed E-state index contributed by atoms with van der Waals surface area (Å²) in [4.78, 5) is 14.4. The number of nitrogens with one attached hydrogen (secondary N) is 2. The zero-order valence-corrected chi connectivity index (χ0v) is 18.8. The van der Waals surface area contributed by atoms with Crippen LogP contribution in [0.5, 0.6) is 0 Å². The first-order chi connectivity index (χ1) is 16.5. The smallest absolute Gasteiger partial charge is 0.371 e. The highest BCUT2D eigenvalue weighted by molar-refractivity contribution is 5.89. The number of rotatable bonds is 5. The van der Waals surface area contributed by atoms with Crippen LogP contribution in [0.1, 0.15) is 6.42 Å². The Balaban J connectivity index is 1.52. The van der Waals surface area contributed by atoms with E-state index < -0.39 is 24.7 Å². The van der Waals surface area contributed by atoms with Crippen molar-refractivity contribution in [3.05, 3.63) is 30.7 Å². The molecule has 0 radical (unpaired) electrons. The second-order valence-corrected chi connectivity index (χ2v) is 8.57. The molecular formula is C21H22F5N9. The van der Waals surface area contributed by atoms with Gasteiger partial charge < -0.3 is 20.1 Å². The Kier molecular flexibility index (Phi) is 5.49. The monoisotopic (exact) mass is 495 g/mol. The molecule has 5 heterocycles. The fourth-order valence-corrected chi connectivity index (χ4v) is 4.31. The van der Waals surface area contributed by atoms with E-state index in [0.717, 1.165) is 10.9 Å². The number of anilines is 2. The van der Waals surface area contributed by atoms with Crippen molar-refractivity contribution in [1.29, 1.82) is 0 Å². The molecule has 0 saturated carbocycles. The second-order valence-electron chi connectivity index (χ2n) is 8.57. The van der Waals surface area contributed by atoms with Crippen LogP contribution in [0.15, 0.2) is 30.7 Å². The van der Waals surface area contributed by atoms with Crippen LogP contribution in [-0.2, 0) is 6.54 Å². The largest absolute Gasteiger partial charge is 0.406 e. The summed E-state index contributed by atoms with van der Waals surface area (Å²) in [7, 11) is 3.27. The van der Waals surface area contributed by atoms with Gasteiger partial charge in [-0.3, -0.25) is 0 Å². The Morgan fingerprint density at radius 3 is 2.69 bits per heavy atom. The number of likely N-dealkylation sites (tertiary alicyclic amines) is 1. The number of fused-ring (bicyclic) bond motifs is 2. The van der Waals surface area contributed by atoms with Crippen LogP contribution in [0.3, 0.4) is 0 Å². The van der Waals surface area contributed by atoms with Gasteiger partial charge in [0.05, 0.1) is 24.6 Å². The zero-order chi connectivity index (χ0) is 25.0. The Hall–Kier alpha value is -3.55. The van der Waals surface area contributed by atoms with Crippen molar-refractivity contribution in [3.63, 3.8) is 0 Å². The first-order valence-corrected chi connectivity index (χ1v) is 10.8. The van der Waals surface area contributed by atoms with Crippen molar-refractivity contribution in [2.24, 2.45) is 0 Å². The summed E-state index contributed by atoms with van der Waals surface area (Å²) in [6, 6.07) is 3.81. The third kappa shape index (κ3) is 4.45. The van der Waals surface area contributed by atoms with Gasteiger partial charge in [0.25, 0.3) is 5.92 Å². The van der Waals surface area contributed by atoms with Crippen LogP contribution in [0, 0.1) is 0 Å². The third-order valence-corrected chi connectivity index (χ3v) is 5.93. The van der Waals surface area contributed by atoms with Gasteiger partial charge in [0.2, 0.25) is 5.95 Å². The molecule has 2 N–H and O–H groups in total. The highest BCUT2D eigenvalue weighted by Gasteiger charge is 2.44. The Morgan fingerprint density at radius 2 is 1.97 bits per heavy atom. The molecule has 0 aliphatic carbocycles. The quantitative estimate of drug-likeness (QED) is 0.410. The molecule has 14 heteroatoms. The van der Waals surface area contributed by atoms with E-state index in [0.29, 0.717) is 34.7 Å². The number of nitrogens with zero attached hydrogens (tertiary/aromatic N) is 7. The molecule has 0 unspecified atom stereocenters. The van der Waals surface area contributed by atoms with E-state index in [9.17, 15) is 22.0 Å². The second kappa shape index (κ2) is 8.29. The van der Waals surface area contributed by atoms with Crippen molar-refractivity contribution < 1.29 is 22.0 Å². The lowest BCUT2D eigenvalue weighted by molar-refractivity contribution is -0.140. The van der Waals surface area contributed by atoms with Crippen molar-refractivity contribution in [2.75, 3.05) is 37.8 Å². The van der Waals surface area contributed by atoms with Crippen LogP contribution in [0.25, 0.3) is 27.9 Å². The summed E-state index contributed by atoms with van der Waals surface area (Å²) in [5.41, 5.74) is 1.88. The summed E-state index contributed by atoms with van der Waals surface area (Å²) in [5, 5.41) is 10.0. The fraction of sp³-hybridized carbons (Fsp3) is 0.429. The summed E-state index contributed by atoms with van der Waals surface area (Å²) in [6.07, 6.45) is -1.47. The third-order valence-electron chi connectivity index (χ3n) is 5.93. The molecule has 0 bridgehead atoms. The van der Waals surface area contributed by atoms with Gasteiger partial charge in [-0.15, -0.1) is 5.10 Å². The summed E-state index contributed by atoms with van der Waals surface area (Å²) < 4.78 is 70.2. The lowest BCUT2D eigenvalue weighted by Gasteiger charge is -2.36. The highest BCUT2D eigenvalue weighted by atomic mass is 19.4. The number of aromatic nitrogens is 6. The number of piperidine rings is 1. The van der Waals surface area contributed by atoms with Gasteiger partial charge in [0.1, 0.15) is 17.6 Å². The number of hydrogen-bond donors (Lipinski definition) is 2. The van der Waals surface area contributed by atoms with Gasteiger partial charge in [0.15, 0.2) is 11.5 Å². The number of alkyl halides is 5. The Labute approximate surface area is 196 Å². The molecule has 5 rings (SSSR count). The number of hydrogen-bond acceptors (Lipinski definition) is 7. The molecule has 1 aliphatic rings. The Bertz CT molecular complexity index is 1380. The van der Waals surface area contributed by atoms with Gasteiger partial charge in [-0.25, -0.2) is 23.3 Å². The van der Waals surface area contributed by atoms with E-state index in [4.69, 9.17) is 0 Å². The van der Waals surface area contributed by atoms with Crippen molar-refractivity contribution in [2.45, 2.75) is 31.1 Å². The van der Waals surface area contributed by atoms with E-state index >= 15 is 0 Å². The van der Waals surface area contributed by atoms with Crippen LogP contribution < -0.4 is 10.6 Å². The molecule has 1 fully saturated rings. The molecule has 9 nitrogen and oxygen atoms in total. The van der Waals surface area contributed by atoms with Gasteiger partial charge in [0, 0.05) is 25.4 Å². The molecule has 1 aliphatic heterocycles. The number of halogens is 5. The van der Waals surface area contributed by atoms with Gasteiger partial charge in [-0.2, -0.15) is 18.2 Å². The maximum atomic E-state index is 14.5. The van der Waals surface area contributed by atoms with E-state index in [2.05, 4.69) is 30.7 Å². The lowest BCUT2D eigenvalue weighted by atomic mass is 10.0. The molecule has 1 saturated heterocycles. The summed E-state index contributed by atoms with van der Waals surface area (Å²) in [6.45, 7) is -1.06. The predicted molar refractivity (Wildman–Crippen MR) is 120 cm³/mol. The highest BCUT2D eigenvalue weighted by Crippen LogP contribution is 2.32. The molecule has 0 aromatic carbocycles. The van der Waals surface area contributed by atoms with Gasteiger partial charge in [-0.05, 0) is 31.7 Å². The minimum absolute atomic E-state index is 0.0323. The molecule has 186 valence electrons. The summed E-state index contributed by atoms with van der Waals surface area (Å²) >= 11 is 0. The van der Waals surface area contributed by atoms with Crippen LogP contribution in [0.4, 0.5) is 33.7 Å². The van der Waals surface area contributed by atoms with Crippen molar-refractivity contribution >= 4 is 28.4 Å². The molecule has 0 spiro atoms. The van der Waals surface area contributed by atoms with Gasteiger partial charge in [-0.1, -0.05) is 0 Å². The number of imidazole rings is 1. The van der Waals surface area contributed by atoms with E-state index in [1.54, 1.807) is 43.4 Å². The first-order valence-electron chi connectivity index (χ1n) is 10.8. The minimum Gasteiger partial charge on any atom is -0.371 e. The number of pyridine rings is 1. The molecule has 1 atom stereocenters. The molecule has 35 heavy (non-hydrogen) atoms. The topological polar surface area (TPSA) is 88.2 Å². The fourth-order valence-electron chi connectivity index (χ4n) is 4.31. The minimum atomic E-state index is -4.42. The van der Waals surface area contributed by atoms with E-state index in [1.807, 2.05) is 0 Å². The van der Waals surface area contributed by atoms with Crippen molar-refractivity contribution in [1.82, 2.24) is 34.0 Å². The Morgan fingerprint density at radius 1 is 1.17 bits per heavy atom. The lowest BCUT2D eigenvalue weighted by Crippen LogP contribution is -2.53. The average molecular weight is 495 g/mol. The van der Waals surface area contributed by atoms with Crippen LogP contribution in [-0.4, -0.2) is 79.4 Å². The van der Waals surface area contributed by atoms with E-state index in [-0.39, 0.29) is 24.6 Å².